The average molecular weight is 1020 g/mol. The molecular formula is C55H112B3O8Si3. The molecule has 14 heteroatoms. The van der Waals surface area contributed by atoms with Crippen LogP contribution in [0.1, 0.15) is 217 Å². The second-order valence-electron chi connectivity index (χ2n) is 24.1. The lowest BCUT2D eigenvalue weighted by molar-refractivity contribution is -0.164. The summed E-state index contributed by atoms with van der Waals surface area (Å²) in [5, 5.41) is 26.8. The minimum absolute atomic E-state index is 0. The maximum absolute atomic E-state index is 13.0. The predicted molar refractivity (Wildman–Crippen MR) is 307 cm³/mol. The summed E-state index contributed by atoms with van der Waals surface area (Å²) in [7, 11) is -3.48. The molecule has 9 radical (unpaired) electrons. The number of rotatable bonds is 20. The fourth-order valence-corrected chi connectivity index (χ4v) is 22.7. The summed E-state index contributed by atoms with van der Waals surface area (Å²) in [4.78, 5) is 36.9. The number of carbonyl (C=O) groups excluding carboxylic acids is 2. The van der Waals surface area contributed by atoms with Gasteiger partial charge in [0.25, 0.3) is 0 Å². The molecule has 401 valence electrons. The minimum atomic E-state index is -1.19. The van der Waals surface area contributed by atoms with Crippen molar-refractivity contribution in [3.63, 3.8) is 0 Å². The topological polar surface area (TPSA) is 130 Å². The van der Waals surface area contributed by atoms with Crippen molar-refractivity contribution in [2.45, 2.75) is 313 Å². The zero-order chi connectivity index (χ0) is 48.0. The molecule has 5 aliphatic carbocycles. The second-order valence-corrected chi connectivity index (χ2v) is 39.9. The molecule has 5 fully saturated rings. The zero-order valence-electron chi connectivity index (χ0n) is 45.5. The number of ether oxygens (including phenoxy) is 2. The van der Waals surface area contributed by atoms with Crippen LogP contribution in [0.15, 0.2) is 0 Å². The molecule has 0 aliphatic heterocycles. The van der Waals surface area contributed by atoms with E-state index in [0.29, 0.717) is 0 Å². The van der Waals surface area contributed by atoms with Crippen molar-refractivity contribution in [3.8, 4) is 0 Å². The van der Waals surface area contributed by atoms with Crippen LogP contribution in [0.5, 0.6) is 0 Å². The van der Waals surface area contributed by atoms with Gasteiger partial charge < -0.3 is 24.8 Å². The SMILES string of the molecule is C.CCCCC[Si](C)(C)C1CCC(C(=O)O)CC1.CCCCC[Si](C)(C)C1CCC(C(=O)OC2CCC(OC(=O)C3CCC([Si](C)(C)CCCCC)CC3)CC2)CC1.OC1CCC(O)CC1.[2HH].[2HH].[B].[B].[B]. The summed E-state index contributed by atoms with van der Waals surface area (Å²) < 4.78 is 12.0. The standard InChI is InChI=1S/C34H64O4Si2.C14H28O2Si.C6H12O2.CH4.3B.2H2/c1-7-9-11-25-39(3,4)31-21-13-27(14-22-31)33(35)37-29-17-19-30(20-18-29)38-34(36)28-15-23-32(24-16-28)40(5,6)26-12-10-8-2;1-4-5-6-11-17(2,3)13-9-7-12(8-10-13)14(15)16;7-5-1-2-6(8)4-3-5;;;;;;/h27-32H,7-26H2,1-6H3;12-13H,4-11H2,1-3H3,(H,15,16);5-8H,1-4H2;1H4;;;;2*1H/i;;;;;;;2*1+1. The number of unbranched alkanes of at least 4 members (excludes halogenated alkanes) is 6. The van der Waals surface area contributed by atoms with E-state index >= 15 is 0 Å². The van der Waals surface area contributed by atoms with Gasteiger partial charge in [0.2, 0.25) is 0 Å². The van der Waals surface area contributed by atoms with E-state index in [2.05, 4.69) is 60.1 Å². The van der Waals surface area contributed by atoms with Gasteiger partial charge in [-0.3, -0.25) is 14.4 Å². The Hall–Kier alpha value is -0.825. The highest BCUT2D eigenvalue weighted by Crippen LogP contribution is 2.45. The van der Waals surface area contributed by atoms with E-state index in [4.69, 9.17) is 24.8 Å². The summed E-state index contributed by atoms with van der Waals surface area (Å²) >= 11 is 0. The van der Waals surface area contributed by atoms with Crippen molar-refractivity contribution < 1.29 is 42.0 Å². The van der Waals surface area contributed by atoms with Gasteiger partial charge in [0.15, 0.2) is 0 Å². The molecule has 0 aromatic heterocycles. The highest BCUT2D eigenvalue weighted by molar-refractivity contribution is 6.79. The van der Waals surface area contributed by atoms with E-state index in [0.717, 1.165) is 107 Å². The van der Waals surface area contributed by atoms with E-state index in [1.807, 2.05) is 0 Å². The summed E-state index contributed by atoms with van der Waals surface area (Å²) in [6.45, 7) is 22.1. The van der Waals surface area contributed by atoms with Gasteiger partial charge in [-0.1, -0.05) is 182 Å². The maximum Gasteiger partial charge on any atom is 0.309 e. The van der Waals surface area contributed by atoms with E-state index in [9.17, 15) is 14.4 Å². The first-order valence-electron chi connectivity index (χ1n) is 27.8. The molecule has 0 saturated heterocycles. The van der Waals surface area contributed by atoms with Gasteiger partial charge in [0, 0.05) is 28.1 Å². The molecule has 0 heterocycles. The summed E-state index contributed by atoms with van der Waals surface area (Å²) in [5.74, 6) is -0.339. The quantitative estimate of drug-likeness (QED) is 0.0624. The third-order valence-electron chi connectivity index (χ3n) is 17.6. The molecule has 3 N–H and O–H groups in total. The molecule has 0 bridgehead atoms. The molecule has 5 aliphatic rings. The lowest BCUT2D eigenvalue weighted by Crippen LogP contribution is -2.38. The van der Waals surface area contributed by atoms with Crippen molar-refractivity contribution in [1.82, 2.24) is 0 Å². The Labute approximate surface area is 438 Å². The second kappa shape index (κ2) is 36.2. The number of carboxylic acids is 1. The number of esters is 2. The molecule has 0 spiro atoms. The molecule has 0 aromatic carbocycles. The summed E-state index contributed by atoms with van der Waals surface area (Å²) in [5.41, 5.74) is 2.61. The van der Waals surface area contributed by atoms with Crippen LogP contribution in [0.25, 0.3) is 0 Å². The Morgan fingerprint density at radius 3 is 0.899 bits per heavy atom. The minimum Gasteiger partial charge on any atom is -0.481 e. The van der Waals surface area contributed by atoms with Crippen molar-refractivity contribution >= 4 is 67.4 Å². The van der Waals surface area contributed by atoms with Gasteiger partial charge in [-0.25, -0.2) is 0 Å². The molecule has 0 unspecified atom stereocenters. The highest BCUT2D eigenvalue weighted by atomic mass is 28.3. The molecular weight excluding hydrogens is 905 g/mol. The highest BCUT2D eigenvalue weighted by Gasteiger charge is 2.40. The van der Waals surface area contributed by atoms with Gasteiger partial charge in [-0.15, -0.1) is 0 Å². The summed E-state index contributed by atoms with van der Waals surface area (Å²) in [6, 6.07) is 4.31. The van der Waals surface area contributed by atoms with Crippen molar-refractivity contribution in [2.24, 2.45) is 17.8 Å². The van der Waals surface area contributed by atoms with Crippen LogP contribution >= 0.6 is 0 Å². The largest absolute Gasteiger partial charge is 0.481 e. The number of hydrogen-bond acceptors (Lipinski definition) is 7. The molecule has 0 atom stereocenters. The van der Waals surface area contributed by atoms with Crippen molar-refractivity contribution in [3.05, 3.63) is 0 Å². The van der Waals surface area contributed by atoms with Gasteiger partial charge in [0.05, 0.1) is 54.2 Å². The monoisotopic (exact) mass is 1020 g/mol. The first-order chi connectivity index (χ1) is 30.8. The molecule has 0 amide bonds. The number of aliphatic hydroxyl groups is 2. The first-order valence-corrected chi connectivity index (χ1v) is 37.7. The third-order valence-corrected chi connectivity index (χ3v) is 30.9. The van der Waals surface area contributed by atoms with E-state index in [-0.39, 0.29) is 89.6 Å². The van der Waals surface area contributed by atoms with Crippen LogP contribution in [0.4, 0.5) is 0 Å². The van der Waals surface area contributed by atoms with Crippen LogP contribution in [0.3, 0.4) is 0 Å². The third kappa shape index (κ3) is 25.8. The zero-order valence-corrected chi connectivity index (χ0v) is 48.5. The van der Waals surface area contributed by atoms with Crippen LogP contribution in [0.2, 0.25) is 74.0 Å². The normalized spacial score (nSPS) is 28.4. The van der Waals surface area contributed by atoms with Gasteiger partial charge >= 0.3 is 17.9 Å². The number of carboxylic acid groups (broad SMARTS) is 1. The van der Waals surface area contributed by atoms with Crippen LogP contribution in [-0.4, -0.2) is 107 Å². The summed E-state index contributed by atoms with van der Waals surface area (Å²) in [6.07, 6.45) is 31.4. The van der Waals surface area contributed by atoms with E-state index < -0.39 is 30.2 Å². The first kappa shape index (κ1) is 70.3. The Morgan fingerprint density at radius 1 is 0.420 bits per heavy atom. The number of aliphatic hydroxyl groups excluding tert-OH is 2. The lowest BCUT2D eigenvalue weighted by Gasteiger charge is -2.38. The predicted octanol–water partition coefficient (Wildman–Crippen LogP) is 15.1. The van der Waals surface area contributed by atoms with Gasteiger partial charge in [-0.05, 0) is 107 Å². The molecule has 5 saturated carbocycles. The van der Waals surface area contributed by atoms with Gasteiger partial charge in [0.1, 0.15) is 12.2 Å². The molecule has 0 aromatic rings. The Balaban J connectivity index is -0.000000602. The fraction of sp³-hybridized carbons (Fsp3) is 0.945. The van der Waals surface area contributed by atoms with Crippen LogP contribution < -0.4 is 0 Å². The molecule has 5 rings (SSSR count). The van der Waals surface area contributed by atoms with Crippen molar-refractivity contribution in [1.29, 1.82) is 0 Å². The van der Waals surface area contributed by atoms with Crippen molar-refractivity contribution in [2.75, 3.05) is 0 Å². The smallest absolute Gasteiger partial charge is 0.309 e. The Kier molecular flexibility index (Phi) is 36.8. The number of aliphatic carboxylic acids is 1. The van der Waals surface area contributed by atoms with E-state index in [1.54, 1.807) is 0 Å². The van der Waals surface area contributed by atoms with Crippen LogP contribution in [-0.2, 0) is 23.9 Å². The number of hydrogen-bond donors (Lipinski definition) is 3. The van der Waals surface area contributed by atoms with Gasteiger partial charge in [-0.2, -0.15) is 0 Å². The maximum atomic E-state index is 13.0. The van der Waals surface area contributed by atoms with E-state index in [1.165, 1.54) is 114 Å². The Bertz CT molecular complexity index is 1270. The number of carbonyl (C=O) groups is 3. The average Bonchev–Trinajstić information content (AvgIpc) is 3.28. The fourth-order valence-electron chi connectivity index (χ4n) is 12.3. The lowest BCUT2D eigenvalue weighted by atomic mass is 9.88. The molecule has 8 nitrogen and oxygen atoms in total. The van der Waals surface area contributed by atoms with Crippen LogP contribution in [0, 0.1) is 17.8 Å². The molecule has 69 heavy (non-hydrogen) atoms. The Morgan fingerprint density at radius 2 is 0.667 bits per heavy atom.